The van der Waals surface area contributed by atoms with Crippen LogP contribution >= 0.6 is 0 Å². The first-order valence-electron chi connectivity index (χ1n) is 7.34. The summed E-state index contributed by atoms with van der Waals surface area (Å²) in [7, 11) is 0. The molecule has 2 rings (SSSR count). The molecule has 19 heavy (non-hydrogen) atoms. The number of piperazine rings is 1. The maximum Gasteiger partial charge on any atom is 0.105 e. The number of nitrogens with one attached hydrogen (secondary N) is 1. The maximum atomic E-state index is 4.30. The molecule has 1 saturated heterocycles. The van der Waals surface area contributed by atoms with Gasteiger partial charge >= 0.3 is 0 Å². The average molecular weight is 264 g/mol. The van der Waals surface area contributed by atoms with E-state index in [1.807, 2.05) is 6.20 Å². The molecule has 1 N–H and O–H groups in total. The second-order valence-corrected chi connectivity index (χ2v) is 6.68. The van der Waals surface area contributed by atoms with E-state index in [-0.39, 0.29) is 11.1 Å². The lowest BCUT2D eigenvalue weighted by Crippen LogP contribution is -2.67. The van der Waals surface area contributed by atoms with Crippen LogP contribution in [0, 0.1) is 6.92 Å². The number of aryl methyl sites for hydroxylation is 1. The number of imidazole rings is 1. The van der Waals surface area contributed by atoms with Crippen molar-refractivity contribution >= 4 is 0 Å². The van der Waals surface area contributed by atoms with Gasteiger partial charge in [0.05, 0.1) is 0 Å². The highest BCUT2D eigenvalue weighted by atomic mass is 15.3. The fraction of sp³-hybridized carbons (Fsp3) is 0.800. The molecule has 0 amide bonds. The molecule has 0 saturated carbocycles. The zero-order valence-electron chi connectivity index (χ0n) is 13.0. The zero-order valence-corrected chi connectivity index (χ0v) is 13.0. The second kappa shape index (κ2) is 5.25. The van der Waals surface area contributed by atoms with E-state index in [0.29, 0.717) is 0 Å². The molecule has 0 aromatic carbocycles. The minimum Gasteiger partial charge on any atom is -0.334 e. The quantitative estimate of drug-likeness (QED) is 0.903. The fourth-order valence-corrected chi connectivity index (χ4v) is 2.83. The first-order chi connectivity index (χ1) is 8.86. The third-order valence-electron chi connectivity index (χ3n) is 4.59. The highest BCUT2D eigenvalue weighted by Crippen LogP contribution is 2.26. The average Bonchev–Trinajstić information content (AvgIpc) is 2.76. The predicted octanol–water partition coefficient (Wildman–Crippen LogP) is 2.04. The van der Waals surface area contributed by atoms with Crippen LogP contribution in [0.1, 0.15) is 39.9 Å². The van der Waals surface area contributed by atoms with Crippen molar-refractivity contribution in [3.8, 4) is 0 Å². The molecule has 1 atom stereocenters. The summed E-state index contributed by atoms with van der Waals surface area (Å²) >= 11 is 0. The lowest BCUT2D eigenvalue weighted by molar-refractivity contribution is 0.0216. The molecule has 1 aliphatic heterocycles. The van der Waals surface area contributed by atoms with Crippen molar-refractivity contribution in [2.45, 2.75) is 58.7 Å². The van der Waals surface area contributed by atoms with Crippen molar-refractivity contribution in [3.05, 3.63) is 18.2 Å². The third-order valence-corrected chi connectivity index (χ3v) is 4.59. The van der Waals surface area contributed by atoms with Gasteiger partial charge in [0.25, 0.3) is 0 Å². The van der Waals surface area contributed by atoms with Crippen LogP contribution in [0.15, 0.2) is 12.4 Å². The largest absolute Gasteiger partial charge is 0.334 e. The molecule has 0 aliphatic carbocycles. The van der Waals surface area contributed by atoms with E-state index in [4.69, 9.17) is 0 Å². The van der Waals surface area contributed by atoms with Gasteiger partial charge in [0.15, 0.2) is 0 Å². The molecule has 1 unspecified atom stereocenters. The Morgan fingerprint density at radius 1 is 1.32 bits per heavy atom. The van der Waals surface area contributed by atoms with Gasteiger partial charge in [-0.3, -0.25) is 4.90 Å². The predicted molar refractivity (Wildman–Crippen MR) is 79.3 cm³/mol. The molecular weight excluding hydrogens is 236 g/mol. The standard InChI is InChI=1S/C15H28N4/c1-6-15(5)11-17-14(3,4)12-19(15)10-9-18-8-7-16-13(18)2/h7-8,17H,6,9-12H2,1-5H3. The SMILES string of the molecule is CCC1(C)CNC(C)(C)CN1CCn1ccnc1C. The van der Waals surface area contributed by atoms with Crippen LogP contribution in [-0.4, -0.2) is 45.2 Å². The summed E-state index contributed by atoms with van der Waals surface area (Å²) in [5, 5.41) is 3.67. The zero-order chi connectivity index (χ0) is 14.1. The summed E-state index contributed by atoms with van der Waals surface area (Å²) in [6, 6.07) is 0. The summed E-state index contributed by atoms with van der Waals surface area (Å²) in [6.45, 7) is 15.6. The topological polar surface area (TPSA) is 33.1 Å². The van der Waals surface area contributed by atoms with Gasteiger partial charge in [0.1, 0.15) is 5.82 Å². The number of nitrogens with zero attached hydrogens (tertiary/aromatic N) is 3. The molecule has 1 aromatic heterocycles. The van der Waals surface area contributed by atoms with Crippen molar-refractivity contribution in [1.29, 1.82) is 0 Å². The molecule has 0 bridgehead atoms. The molecule has 4 nitrogen and oxygen atoms in total. The smallest absolute Gasteiger partial charge is 0.105 e. The third kappa shape index (κ3) is 3.18. The number of aromatic nitrogens is 2. The van der Waals surface area contributed by atoms with Crippen molar-refractivity contribution in [3.63, 3.8) is 0 Å². The lowest BCUT2D eigenvalue weighted by Gasteiger charge is -2.51. The normalized spacial score (nSPS) is 27.6. The molecular formula is C15H28N4. The molecule has 0 spiro atoms. The summed E-state index contributed by atoms with van der Waals surface area (Å²) in [4.78, 5) is 6.94. The molecule has 1 fully saturated rings. The van der Waals surface area contributed by atoms with E-state index >= 15 is 0 Å². The number of rotatable bonds is 4. The molecule has 1 aliphatic rings. The van der Waals surface area contributed by atoms with E-state index < -0.39 is 0 Å². The Morgan fingerprint density at radius 2 is 2.05 bits per heavy atom. The molecule has 0 radical (unpaired) electrons. The molecule has 108 valence electrons. The first-order valence-corrected chi connectivity index (χ1v) is 7.34. The van der Waals surface area contributed by atoms with E-state index in [1.165, 1.54) is 6.42 Å². The van der Waals surface area contributed by atoms with Crippen molar-refractivity contribution < 1.29 is 0 Å². The van der Waals surface area contributed by atoms with E-state index in [9.17, 15) is 0 Å². The highest BCUT2D eigenvalue weighted by molar-refractivity contribution is 4.99. The molecule has 4 heteroatoms. The highest BCUT2D eigenvalue weighted by Gasteiger charge is 2.39. The Labute approximate surface area is 117 Å². The van der Waals surface area contributed by atoms with Crippen LogP contribution in [0.25, 0.3) is 0 Å². The van der Waals surface area contributed by atoms with Gasteiger partial charge in [-0.15, -0.1) is 0 Å². The molecule has 1 aromatic rings. The minimum atomic E-state index is 0.207. The van der Waals surface area contributed by atoms with Gasteiger partial charge in [-0.1, -0.05) is 6.92 Å². The van der Waals surface area contributed by atoms with Crippen LogP contribution in [0.5, 0.6) is 0 Å². The maximum absolute atomic E-state index is 4.30. The van der Waals surface area contributed by atoms with Gasteiger partial charge < -0.3 is 9.88 Å². The Bertz CT molecular complexity index is 424. The van der Waals surface area contributed by atoms with Crippen molar-refractivity contribution in [2.75, 3.05) is 19.6 Å². The Hall–Kier alpha value is -0.870. The second-order valence-electron chi connectivity index (χ2n) is 6.68. The van der Waals surface area contributed by atoms with Gasteiger partial charge in [-0.05, 0) is 34.1 Å². The fourth-order valence-electron chi connectivity index (χ4n) is 2.83. The van der Waals surface area contributed by atoms with Crippen molar-refractivity contribution in [2.24, 2.45) is 0 Å². The van der Waals surface area contributed by atoms with Gasteiger partial charge in [-0.25, -0.2) is 4.98 Å². The first kappa shape index (κ1) is 14.5. The van der Waals surface area contributed by atoms with Gasteiger partial charge in [0.2, 0.25) is 0 Å². The number of hydrogen-bond donors (Lipinski definition) is 1. The van der Waals surface area contributed by atoms with Crippen LogP contribution in [-0.2, 0) is 6.54 Å². The summed E-state index contributed by atoms with van der Waals surface area (Å²) in [5.74, 6) is 1.10. The molecule has 2 heterocycles. The van der Waals surface area contributed by atoms with Crippen LogP contribution in [0.3, 0.4) is 0 Å². The van der Waals surface area contributed by atoms with Gasteiger partial charge in [0, 0.05) is 49.7 Å². The Balaban J connectivity index is 2.04. The minimum absolute atomic E-state index is 0.207. The van der Waals surface area contributed by atoms with Crippen LogP contribution in [0.4, 0.5) is 0 Å². The lowest BCUT2D eigenvalue weighted by atomic mass is 9.88. The summed E-state index contributed by atoms with van der Waals surface area (Å²) in [6.07, 6.45) is 5.14. The monoisotopic (exact) mass is 264 g/mol. The number of hydrogen-bond acceptors (Lipinski definition) is 3. The van der Waals surface area contributed by atoms with E-state index in [1.54, 1.807) is 0 Å². The van der Waals surface area contributed by atoms with E-state index in [0.717, 1.165) is 32.0 Å². The Morgan fingerprint density at radius 3 is 2.63 bits per heavy atom. The van der Waals surface area contributed by atoms with E-state index in [2.05, 4.69) is 60.6 Å². The van der Waals surface area contributed by atoms with Crippen molar-refractivity contribution in [1.82, 2.24) is 19.8 Å². The van der Waals surface area contributed by atoms with Gasteiger partial charge in [-0.2, -0.15) is 0 Å². The Kier molecular flexibility index (Phi) is 4.02. The summed E-state index contributed by atoms with van der Waals surface area (Å²) < 4.78 is 2.24. The van der Waals surface area contributed by atoms with Crippen LogP contribution in [0.2, 0.25) is 0 Å². The van der Waals surface area contributed by atoms with Crippen LogP contribution < -0.4 is 5.32 Å². The summed E-state index contributed by atoms with van der Waals surface area (Å²) in [5.41, 5.74) is 0.475.